The topological polar surface area (TPSA) is 194 Å². The summed E-state index contributed by atoms with van der Waals surface area (Å²) in [4.78, 5) is 60.2. The van der Waals surface area contributed by atoms with Gasteiger partial charge in [-0.2, -0.15) is 25.3 Å². The molecule has 0 radical (unpaired) electrons. The number of nitrogens with one attached hydrogen (secondary N) is 3. The van der Waals surface area contributed by atoms with Gasteiger partial charge >= 0.3 is 5.97 Å². The monoisotopic (exact) mass is 485 g/mol. The summed E-state index contributed by atoms with van der Waals surface area (Å²) in [6.45, 7) is 0. The van der Waals surface area contributed by atoms with Crippen molar-refractivity contribution in [2.24, 2.45) is 11.5 Å². The van der Waals surface area contributed by atoms with E-state index in [0.29, 0.717) is 5.56 Å². The number of hydrogen-bond acceptors (Lipinski definition) is 8. The van der Waals surface area contributed by atoms with Gasteiger partial charge in [-0.3, -0.25) is 19.2 Å². The first kappa shape index (κ1) is 27.3. The minimum absolute atomic E-state index is 0.0178. The predicted molar refractivity (Wildman–Crippen MR) is 123 cm³/mol. The van der Waals surface area contributed by atoms with Gasteiger partial charge in [0.1, 0.15) is 18.1 Å². The minimum atomic E-state index is -1.46. The van der Waals surface area contributed by atoms with Crippen molar-refractivity contribution >= 4 is 54.9 Å². The Bertz CT molecular complexity index is 826. The highest BCUT2D eigenvalue weighted by atomic mass is 32.1. The van der Waals surface area contributed by atoms with E-state index in [2.05, 4.69) is 41.2 Å². The summed E-state index contributed by atoms with van der Waals surface area (Å²) >= 11 is 7.91. The fraction of sp³-hybridized carbons (Fsp3) is 0.421. The highest BCUT2D eigenvalue weighted by Crippen LogP contribution is 2.05. The number of thiol groups is 2. The van der Waals surface area contributed by atoms with Crippen LogP contribution >= 0.6 is 25.3 Å². The fourth-order valence-electron chi connectivity index (χ4n) is 2.56. The summed E-state index contributed by atoms with van der Waals surface area (Å²) in [6, 6.07) is 3.68. The second-order valence-electron chi connectivity index (χ2n) is 6.85. The van der Waals surface area contributed by atoms with Crippen molar-refractivity contribution in [1.29, 1.82) is 0 Å². The molecule has 0 aromatic heterocycles. The van der Waals surface area contributed by atoms with Gasteiger partial charge in [0.2, 0.25) is 23.6 Å². The predicted octanol–water partition coefficient (Wildman–Crippen LogP) is -2.17. The van der Waals surface area contributed by atoms with Crippen molar-refractivity contribution in [2.45, 2.75) is 37.0 Å². The Morgan fingerprint density at radius 1 is 0.844 bits per heavy atom. The zero-order valence-corrected chi connectivity index (χ0v) is 18.9. The molecule has 0 aliphatic heterocycles. The van der Waals surface area contributed by atoms with Gasteiger partial charge in [0, 0.05) is 17.9 Å². The molecule has 0 spiro atoms. The van der Waals surface area contributed by atoms with Crippen molar-refractivity contribution in [3.63, 3.8) is 0 Å². The van der Waals surface area contributed by atoms with Crippen molar-refractivity contribution in [2.75, 3.05) is 11.5 Å². The molecule has 0 aliphatic rings. The van der Waals surface area contributed by atoms with Crippen molar-refractivity contribution < 1.29 is 29.1 Å². The van der Waals surface area contributed by atoms with Gasteiger partial charge in [0.15, 0.2) is 0 Å². The highest BCUT2D eigenvalue weighted by molar-refractivity contribution is 7.80. The fourth-order valence-corrected chi connectivity index (χ4v) is 2.98. The van der Waals surface area contributed by atoms with Crippen LogP contribution in [0, 0.1) is 0 Å². The van der Waals surface area contributed by atoms with Crippen LogP contribution in [-0.4, -0.2) is 70.4 Å². The molecule has 0 aliphatic carbocycles. The molecule has 1 rings (SSSR count). The summed E-state index contributed by atoms with van der Waals surface area (Å²) in [6.07, 6.45) is -0.602. The number of benzene rings is 1. The van der Waals surface area contributed by atoms with Gasteiger partial charge in [-0.1, -0.05) is 30.3 Å². The Morgan fingerprint density at radius 3 is 1.88 bits per heavy atom. The summed E-state index contributed by atoms with van der Waals surface area (Å²) in [5, 5.41) is 16.4. The standard InChI is InChI=1S/C19H27N5O6S2/c20-11(8-31)16(26)24-14(9-32)18(28)22-12(7-15(21)25)17(27)23-13(19(29)30)6-10-4-2-1-3-5-10/h1-5,11-14,31-32H,6-9,20H2,(H2,21,25)(H,22,28)(H,23,27)(H,24,26)(H,29,30). The highest BCUT2D eigenvalue weighted by Gasteiger charge is 2.30. The van der Waals surface area contributed by atoms with E-state index in [4.69, 9.17) is 11.5 Å². The zero-order valence-electron chi connectivity index (χ0n) is 17.1. The molecule has 176 valence electrons. The maximum Gasteiger partial charge on any atom is 0.326 e. The van der Waals surface area contributed by atoms with E-state index in [0.717, 1.165) is 0 Å². The first-order chi connectivity index (χ1) is 15.1. The summed E-state index contributed by atoms with van der Waals surface area (Å²) in [5.74, 6) is -4.69. The Balaban J connectivity index is 2.91. The van der Waals surface area contributed by atoms with Crippen molar-refractivity contribution in [3.05, 3.63) is 35.9 Å². The average Bonchev–Trinajstić information content (AvgIpc) is 2.75. The van der Waals surface area contributed by atoms with Gasteiger partial charge in [-0.15, -0.1) is 0 Å². The van der Waals surface area contributed by atoms with Gasteiger partial charge < -0.3 is 32.5 Å². The van der Waals surface area contributed by atoms with Crippen LogP contribution in [0.25, 0.3) is 0 Å². The maximum atomic E-state index is 12.7. The van der Waals surface area contributed by atoms with E-state index in [1.807, 2.05) is 0 Å². The van der Waals surface area contributed by atoms with Crippen LogP contribution in [0.1, 0.15) is 12.0 Å². The molecule has 4 atom stereocenters. The molecule has 4 unspecified atom stereocenters. The Morgan fingerprint density at radius 2 is 1.38 bits per heavy atom. The molecule has 8 N–H and O–H groups in total. The number of nitrogens with two attached hydrogens (primary N) is 2. The molecular weight excluding hydrogens is 458 g/mol. The Hall–Kier alpha value is -2.77. The molecule has 0 fully saturated rings. The first-order valence-electron chi connectivity index (χ1n) is 9.52. The molecule has 4 amide bonds. The lowest BCUT2D eigenvalue weighted by Gasteiger charge is -2.24. The molecule has 1 aromatic rings. The van der Waals surface area contributed by atoms with E-state index in [9.17, 15) is 29.1 Å². The lowest BCUT2D eigenvalue weighted by Crippen LogP contribution is -2.58. The molecule has 0 saturated carbocycles. The maximum absolute atomic E-state index is 12.7. The molecule has 32 heavy (non-hydrogen) atoms. The summed E-state index contributed by atoms with van der Waals surface area (Å²) in [5.41, 5.74) is 11.4. The molecule has 13 heteroatoms. The minimum Gasteiger partial charge on any atom is -0.480 e. The van der Waals surface area contributed by atoms with E-state index in [1.54, 1.807) is 30.3 Å². The average molecular weight is 486 g/mol. The molecule has 11 nitrogen and oxygen atoms in total. The lowest BCUT2D eigenvalue weighted by molar-refractivity contribution is -0.142. The Labute approximate surface area is 195 Å². The van der Waals surface area contributed by atoms with Crippen LogP contribution in [0.4, 0.5) is 0 Å². The van der Waals surface area contributed by atoms with Gasteiger partial charge in [-0.25, -0.2) is 4.79 Å². The van der Waals surface area contributed by atoms with E-state index in [1.165, 1.54) is 0 Å². The van der Waals surface area contributed by atoms with Crippen molar-refractivity contribution in [3.8, 4) is 0 Å². The number of carbonyl (C=O) groups is 5. The largest absolute Gasteiger partial charge is 0.480 e. The number of primary amides is 1. The zero-order chi connectivity index (χ0) is 24.3. The number of hydrogen-bond donors (Lipinski definition) is 8. The van der Waals surface area contributed by atoms with E-state index < -0.39 is 60.2 Å². The third kappa shape index (κ3) is 9.16. The number of aliphatic carboxylic acids is 1. The quantitative estimate of drug-likeness (QED) is 0.146. The van der Waals surface area contributed by atoms with Crippen LogP contribution in [0.15, 0.2) is 30.3 Å². The van der Waals surface area contributed by atoms with Gasteiger partial charge in [-0.05, 0) is 5.56 Å². The SMILES string of the molecule is NC(=O)CC(NC(=O)C(CS)NC(=O)C(N)CS)C(=O)NC(Cc1ccccc1)C(=O)O. The number of rotatable bonds is 13. The normalized spacial score (nSPS) is 14.3. The van der Waals surface area contributed by atoms with Gasteiger partial charge in [0.25, 0.3) is 0 Å². The van der Waals surface area contributed by atoms with Crippen LogP contribution in [-0.2, 0) is 30.4 Å². The second kappa shape index (κ2) is 13.6. The number of carboxylic acid groups (broad SMARTS) is 1. The Kier molecular flexibility index (Phi) is 11.6. The van der Waals surface area contributed by atoms with Crippen LogP contribution in [0.2, 0.25) is 0 Å². The van der Waals surface area contributed by atoms with Gasteiger partial charge in [0.05, 0.1) is 12.5 Å². The smallest absolute Gasteiger partial charge is 0.326 e. The lowest BCUT2D eigenvalue weighted by atomic mass is 10.0. The third-order valence-electron chi connectivity index (χ3n) is 4.28. The van der Waals surface area contributed by atoms with E-state index in [-0.39, 0.29) is 17.9 Å². The van der Waals surface area contributed by atoms with E-state index >= 15 is 0 Å². The third-order valence-corrected chi connectivity index (χ3v) is 5.04. The molecular formula is C19H27N5O6S2. The second-order valence-corrected chi connectivity index (χ2v) is 7.58. The number of amides is 4. The van der Waals surface area contributed by atoms with Crippen LogP contribution in [0.3, 0.4) is 0 Å². The molecule has 0 saturated heterocycles. The summed E-state index contributed by atoms with van der Waals surface area (Å²) < 4.78 is 0. The molecule has 1 aromatic carbocycles. The number of carboxylic acids is 1. The summed E-state index contributed by atoms with van der Waals surface area (Å²) in [7, 11) is 0. The number of carbonyl (C=O) groups excluding carboxylic acids is 4. The molecule has 0 heterocycles. The van der Waals surface area contributed by atoms with Crippen LogP contribution in [0.5, 0.6) is 0 Å². The van der Waals surface area contributed by atoms with Crippen molar-refractivity contribution in [1.82, 2.24) is 16.0 Å². The molecule has 0 bridgehead atoms. The first-order valence-corrected chi connectivity index (χ1v) is 10.8. The van der Waals surface area contributed by atoms with Crippen LogP contribution < -0.4 is 27.4 Å².